The van der Waals surface area contributed by atoms with Crippen molar-refractivity contribution in [2.45, 2.75) is 49.2 Å². The van der Waals surface area contributed by atoms with Crippen molar-refractivity contribution in [1.82, 2.24) is 14.5 Å². The van der Waals surface area contributed by atoms with E-state index in [-0.39, 0.29) is 11.7 Å². The van der Waals surface area contributed by atoms with Crippen molar-refractivity contribution < 1.29 is 30.9 Å². The van der Waals surface area contributed by atoms with Crippen LogP contribution in [0, 0.1) is 5.92 Å². The van der Waals surface area contributed by atoms with E-state index in [4.69, 9.17) is 4.55 Å². The molecule has 0 bridgehead atoms. The lowest BCUT2D eigenvalue weighted by molar-refractivity contribution is -0.141. The lowest BCUT2D eigenvalue weighted by atomic mass is 9.97. The molecule has 1 aliphatic rings. The highest BCUT2D eigenvalue weighted by Gasteiger charge is 2.35. The minimum Gasteiger partial charge on any atom is -0.324 e. The summed E-state index contributed by atoms with van der Waals surface area (Å²) < 4.78 is 70.9. The zero-order valence-corrected chi connectivity index (χ0v) is 15.9. The molecule has 158 valence electrons. The van der Waals surface area contributed by atoms with E-state index in [1.807, 2.05) is 0 Å². The second-order valence-corrected chi connectivity index (χ2v) is 8.37. The summed E-state index contributed by atoms with van der Waals surface area (Å²) in [5.74, 6) is -0.373. The topological polar surface area (TPSA) is 114 Å². The zero-order chi connectivity index (χ0) is 21.2. The van der Waals surface area contributed by atoms with E-state index in [0.717, 1.165) is 55.0 Å². The molecule has 0 unspecified atom stereocenters. The number of anilines is 1. The highest BCUT2D eigenvalue weighted by atomic mass is 32.2. The number of nitrogens with one attached hydrogen (secondary N) is 1. The summed E-state index contributed by atoms with van der Waals surface area (Å²) in [4.78, 5) is 19.5. The van der Waals surface area contributed by atoms with Gasteiger partial charge in [0.2, 0.25) is 5.91 Å². The predicted octanol–water partition coefficient (Wildman–Crippen LogP) is 3.30. The van der Waals surface area contributed by atoms with E-state index >= 15 is 0 Å². The van der Waals surface area contributed by atoms with E-state index in [1.165, 1.54) is 6.07 Å². The minimum absolute atomic E-state index is 0.00924. The number of pyridine rings is 1. The van der Waals surface area contributed by atoms with Crippen LogP contribution >= 0.6 is 0 Å². The molecule has 1 amide bonds. The summed E-state index contributed by atoms with van der Waals surface area (Å²) in [6.07, 6.45) is 2.19. The average Bonchev–Trinajstić information content (AvgIpc) is 3.30. The molecule has 2 aromatic rings. The van der Waals surface area contributed by atoms with Crippen LogP contribution in [0.3, 0.4) is 0 Å². The molecule has 1 fully saturated rings. The molecule has 2 aromatic heterocycles. The van der Waals surface area contributed by atoms with Crippen molar-refractivity contribution in [3.8, 4) is 0 Å². The number of hydrogen-bond donors (Lipinski definition) is 2. The fourth-order valence-electron chi connectivity index (χ4n) is 3.40. The zero-order valence-electron chi connectivity index (χ0n) is 15.1. The third kappa shape index (κ3) is 5.32. The molecule has 0 aliphatic heterocycles. The first kappa shape index (κ1) is 21.2. The molecule has 0 saturated heterocycles. The van der Waals surface area contributed by atoms with Gasteiger partial charge in [0.25, 0.3) is 10.1 Å². The third-order valence-electron chi connectivity index (χ3n) is 4.87. The van der Waals surface area contributed by atoms with Crippen molar-refractivity contribution in [2.75, 3.05) is 5.32 Å². The molecule has 29 heavy (non-hydrogen) atoms. The fourth-order valence-corrected chi connectivity index (χ4v) is 3.82. The van der Waals surface area contributed by atoms with Gasteiger partial charge in [-0.15, -0.1) is 0 Å². The number of carbonyl (C=O) groups excluding carboxylic acids is 1. The van der Waals surface area contributed by atoms with Crippen molar-refractivity contribution in [3.05, 3.63) is 36.5 Å². The molecule has 12 heteroatoms. The summed E-state index contributed by atoms with van der Waals surface area (Å²) in [7, 11) is -4.43. The van der Waals surface area contributed by atoms with Crippen LogP contribution in [0.5, 0.6) is 0 Å². The number of nitrogens with zero attached hydrogens (tertiary/aromatic N) is 3. The van der Waals surface area contributed by atoms with Crippen LogP contribution in [0.1, 0.15) is 43.8 Å². The van der Waals surface area contributed by atoms with Crippen molar-refractivity contribution in [3.63, 3.8) is 0 Å². The Morgan fingerprint density at radius 1 is 1.28 bits per heavy atom. The molecule has 1 saturated carbocycles. The summed E-state index contributed by atoms with van der Waals surface area (Å²) >= 11 is 0. The molecule has 0 aromatic carbocycles. The van der Waals surface area contributed by atoms with Gasteiger partial charge in [-0.3, -0.25) is 9.35 Å². The van der Waals surface area contributed by atoms with E-state index in [0.29, 0.717) is 6.42 Å². The van der Waals surface area contributed by atoms with Gasteiger partial charge >= 0.3 is 6.18 Å². The number of carbonyl (C=O) groups is 1. The number of halogens is 3. The highest BCUT2D eigenvalue weighted by molar-refractivity contribution is 7.85. The van der Waals surface area contributed by atoms with Crippen LogP contribution in [0.15, 0.2) is 35.7 Å². The number of aromatic nitrogens is 3. The van der Waals surface area contributed by atoms with Gasteiger partial charge in [-0.1, -0.05) is 25.7 Å². The standard InChI is InChI=1S/C17H19F3N4O4S/c18-17(19,20)14-9-24(10-22-14)13(7-11-3-1-2-4-11)16(25)23-15-6-5-12(8-21-15)29(26,27)28/h5-6,8-11,13H,1-4,7H2,(H,21,23,25)(H,26,27,28)/t13-/m0/s1. The number of hydrogen-bond acceptors (Lipinski definition) is 5. The second-order valence-electron chi connectivity index (χ2n) is 6.95. The highest BCUT2D eigenvalue weighted by Crippen LogP contribution is 2.34. The smallest absolute Gasteiger partial charge is 0.324 e. The fraction of sp³-hybridized carbons (Fsp3) is 0.471. The SMILES string of the molecule is O=C(Nc1ccc(S(=O)(=O)O)cn1)[C@H](CC1CCCC1)n1cnc(C(F)(F)F)c1. The van der Waals surface area contributed by atoms with Crippen molar-refractivity contribution in [2.24, 2.45) is 5.92 Å². The van der Waals surface area contributed by atoms with Crippen LogP contribution in [0.25, 0.3) is 0 Å². The van der Waals surface area contributed by atoms with Crippen LogP contribution in [0.2, 0.25) is 0 Å². The Labute approximate surface area is 164 Å². The largest absolute Gasteiger partial charge is 0.434 e. The van der Waals surface area contributed by atoms with Gasteiger partial charge < -0.3 is 9.88 Å². The Morgan fingerprint density at radius 2 is 1.97 bits per heavy atom. The van der Waals surface area contributed by atoms with Crippen molar-refractivity contribution >= 4 is 21.8 Å². The first-order chi connectivity index (χ1) is 13.5. The van der Waals surface area contributed by atoms with Crippen LogP contribution < -0.4 is 5.32 Å². The minimum atomic E-state index is -4.62. The predicted molar refractivity (Wildman–Crippen MR) is 95.5 cm³/mol. The Balaban J connectivity index is 1.81. The molecule has 0 radical (unpaired) electrons. The quantitative estimate of drug-likeness (QED) is 0.677. The lowest BCUT2D eigenvalue weighted by Gasteiger charge is -2.21. The Morgan fingerprint density at radius 3 is 2.48 bits per heavy atom. The Hall–Kier alpha value is -2.47. The summed E-state index contributed by atoms with van der Waals surface area (Å²) in [5.41, 5.74) is -1.09. The molecule has 2 heterocycles. The molecule has 8 nitrogen and oxygen atoms in total. The summed E-state index contributed by atoms with van der Waals surface area (Å²) in [5, 5.41) is 2.48. The third-order valence-corrected chi connectivity index (χ3v) is 5.71. The molecular weight excluding hydrogens is 413 g/mol. The van der Waals surface area contributed by atoms with Gasteiger partial charge in [-0.05, 0) is 24.5 Å². The van der Waals surface area contributed by atoms with Crippen LogP contribution in [0.4, 0.5) is 19.0 Å². The van der Waals surface area contributed by atoms with E-state index in [9.17, 15) is 26.4 Å². The maximum absolute atomic E-state index is 12.9. The van der Waals surface area contributed by atoms with E-state index in [1.54, 1.807) is 0 Å². The molecule has 2 N–H and O–H groups in total. The van der Waals surface area contributed by atoms with Gasteiger partial charge in [-0.25, -0.2) is 9.97 Å². The molecule has 1 aliphatic carbocycles. The first-order valence-corrected chi connectivity index (χ1v) is 10.3. The van der Waals surface area contributed by atoms with Gasteiger partial charge in [0, 0.05) is 6.20 Å². The molecule has 3 rings (SSSR count). The first-order valence-electron chi connectivity index (χ1n) is 8.89. The van der Waals surface area contributed by atoms with Gasteiger partial charge in [-0.2, -0.15) is 21.6 Å². The number of rotatable bonds is 6. The molecule has 0 spiro atoms. The summed E-state index contributed by atoms with van der Waals surface area (Å²) in [6.45, 7) is 0. The van der Waals surface area contributed by atoms with E-state index < -0.39 is 38.8 Å². The van der Waals surface area contributed by atoms with Gasteiger partial charge in [0.1, 0.15) is 16.8 Å². The van der Waals surface area contributed by atoms with Gasteiger partial charge in [0.15, 0.2) is 5.69 Å². The number of alkyl halides is 3. The number of imidazole rings is 1. The maximum Gasteiger partial charge on any atom is 0.434 e. The normalized spacial score (nSPS) is 16.7. The summed E-state index contributed by atoms with van der Waals surface area (Å²) in [6, 6.07) is 1.32. The number of amides is 1. The Kier molecular flexibility index (Phi) is 5.94. The van der Waals surface area contributed by atoms with E-state index in [2.05, 4.69) is 15.3 Å². The lowest BCUT2D eigenvalue weighted by Crippen LogP contribution is -2.27. The van der Waals surface area contributed by atoms with Crippen molar-refractivity contribution in [1.29, 1.82) is 0 Å². The van der Waals surface area contributed by atoms with Crippen LogP contribution in [-0.4, -0.2) is 33.4 Å². The Bertz CT molecular complexity index is 967. The maximum atomic E-state index is 12.9. The molecular formula is C17H19F3N4O4S. The monoisotopic (exact) mass is 432 g/mol. The average molecular weight is 432 g/mol. The van der Waals surface area contributed by atoms with Gasteiger partial charge in [0.05, 0.1) is 12.5 Å². The second kappa shape index (κ2) is 8.11. The van der Waals surface area contributed by atoms with Crippen LogP contribution in [-0.2, 0) is 21.1 Å². The molecule has 1 atom stereocenters.